The molecule has 1 aliphatic heterocycles. The first-order valence-electron chi connectivity index (χ1n) is 12.0. The van der Waals surface area contributed by atoms with E-state index >= 15 is 0 Å². The van der Waals surface area contributed by atoms with Gasteiger partial charge in [0.2, 0.25) is 5.91 Å². The van der Waals surface area contributed by atoms with Gasteiger partial charge in [-0.05, 0) is 51.1 Å². The molecule has 0 spiro atoms. The number of ether oxygens (including phenoxy) is 2. The summed E-state index contributed by atoms with van der Waals surface area (Å²) in [4.78, 5) is 16.8. The molecule has 5 rings (SSSR count). The number of aromatic nitrogens is 2. The lowest BCUT2D eigenvalue weighted by Gasteiger charge is -2.25. The summed E-state index contributed by atoms with van der Waals surface area (Å²) >= 11 is 17.2. The predicted octanol–water partition coefficient (Wildman–Crippen LogP) is 6.13. The van der Waals surface area contributed by atoms with Gasteiger partial charge in [0.05, 0.1) is 37.2 Å². The zero-order chi connectivity index (χ0) is 27.0. The van der Waals surface area contributed by atoms with Crippen molar-refractivity contribution in [1.29, 1.82) is 0 Å². The molecule has 4 aromatic rings. The normalized spacial score (nSPS) is 15.0. The first kappa shape index (κ1) is 26.6. The van der Waals surface area contributed by atoms with Crippen LogP contribution in [0, 0.1) is 5.82 Å². The lowest BCUT2D eigenvalue weighted by atomic mass is 10.1. The number of carbonyl (C=O) groups excluding carboxylic acids is 1. The van der Waals surface area contributed by atoms with Crippen LogP contribution in [-0.2, 0) is 0 Å². The van der Waals surface area contributed by atoms with Crippen LogP contribution in [0.1, 0.15) is 41.8 Å². The van der Waals surface area contributed by atoms with E-state index in [1.807, 2.05) is 25.1 Å². The maximum Gasteiger partial charge on any atom is 0.250 e. The second kappa shape index (κ2) is 11.0. The maximum absolute atomic E-state index is 14.2. The van der Waals surface area contributed by atoms with E-state index in [1.54, 1.807) is 16.7 Å². The van der Waals surface area contributed by atoms with Crippen molar-refractivity contribution < 1.29 is 18.7 Å². The van der Waals surface area contributed by atoms with Crippen molar-refractivity contribution in [2.75, 3.05) is 13.1 Å². The molecule has 0 bridgehead atoms. The van der Waals surface area contributed by atoms with Gasteiger partial charge in [0.15, 0.2) is 0 Å². The van der Waals surface area contributed by atoms with Crippen molar-refractivity contribution in [3.8, 4) is 17.2 Å². The third-order valence-corrected chi connectivity index (χ3v) is 7.66. The fourth-order valence-electron chi connectivity index (χ4n) is 4.50. The summed E-state index contributed by atoms with van der Waals surface area (Å²) in [7, 11) is 0. The number of benzene rings is 3. The second-order valence-corrected chi connectivity index (χ2v) is 10.3. The molecule has 1 fully saturated rings. The lowest BCUT2D eigenvalue weighted by molar-refractivity contribution is 0.0996. The van der Waals surface area contributed by atoms with Gasteiger partial charge in [-0.3, -0.25) is 9.36 Å². The van der Waals surface area contributed by atoms with Gasteiger partial charge in [0.25, 0.3) is 0 Å². The minimum atomic E-state index is -0.691. The van der Waals surface area contributed by atoms with E-state index in [2.05, 4.69) is 22.9 Å². The standard InChI is InChI=1S/C27H25Cl2FN4O3S/c1-14(17-3-2-4-23(25(17)29)37-16-5-7-32-8-6-16)36-24-10-15(9-18(26(24)38)27(31)35)34-13-33-21-11-19(28)20(30)12-22(21)34/h2-4,9-14,16,32,38H,5-8H2,1H3,(H2,31,35)/t14-/m1/s1. The number of amides is 1. The smallest absolute Gasteiger partial charge is 0.250 e. The number of imidazole rings is 1. The van der Waals surface area contributed by atoms with Crippen LogP contribution >= 0.6 is 35.8 Å². The molecule has 1 aliphatic rings. The van der Waals surface area contributed by atoms with Crippen molar-refractivity contribution in [1.82, 2.24) is 14.9 Å². The van der Waals surface area contributed by atoms with Crippen LogP contribution in [0.2, 0.25) is 10.0 Å². The summed E-state index contributed by atoms with van der Waals surface area (Å²) < 4.78 is 28.3. The van der Waals surface area contributed by atoms with E-state index in [0.717, 1.165) is 25.9 Å². The molecule has 1 saturated heterocycles. The van der Waals surface area contributed by atoms with Gasteiger partial charge in [-0.15, -0.1) is 12.6 Å². The maximum atomic E-state index is 14.2. The predicted molar refractivity (Wildman–Crippen MR) is 149 cm³/mol. The van der Waals surface area contributed by atoms with Crippen LogP contribution in [0.4, 0.5) is 4.39 Å². The van der Waals surface area contributed by atoms with Gasteiger partial charge in [-0.1, -0.05) is 35.3 Å². The molecule has 0 unspecified atom stereocenters. The molecule has 0 aliphatic carbocycles. The molecule has 1 aromatic heterocycles. The highest BCUT2D eigenvalue weighted by atomic mass is 35.5. The van der Waals surface area contributed by atoms with Gasteiger partial charge in [-0.25, -0.2) is 9.37 Å². The summed E-state index contributed by atoms with van der Waals surface area (Å²) in [6.45, 7) is 3.64. The van der Waals surface area contributed by atoms with E-state index < -0.39 is 17.8 Å². The minimum absolute atomic E-state index is 0.0348. The Morgan fingerprint density at radius 2 is 1.97 bits per heavy atom. The van der Waals surface area contributed by atoms with Gasteiger partial charge < -0.3 is 20.5 Å². The number of hydrogen-bond donors (Lipinski definition) is 3. The molecule has 7 nitrogen and oxygen atoms in total. The Bertz CT molecular complexity index is 1520. The van der Waals surface area contributed by atoms with Gasteiger partial charge in [0.1, 0.15) is 35.9 Å². The molecular formula is C27H25Cl2FN4O3S. The number of thiol groups is 1. The van der Waals surface area contributed by atoms with Crippen molar-refractivity contribution >= 4 is 52.8 Å². The highest BCUT2D eigenvalue weighted by molar-refractivity contribution is 7.80. The number of nitrogens with one attached hydrogen (secondary N) is 1. The molecule has 2 heterocycles. The third kappa shape index (κ3) is 5.29. The molecule has 3 N–H and O–H groups in total. The number of fused-ring (bicyclic) bond motifs is 1. The summed E-state index contributed by atoms with van der Waals surface area (Å²) in [5, 5.41) is 3.74. The summed E-state index contributed by atoms with van der Waals surface area (Å²) in [6.07, 6.45) is 2.86. The van der Waals surface area contributed by atoms with Crippen molar-refractivity contribution in [3.63, 3.8) is 0 Å². The molecule has 3 aromatic carbocycles. The molecule has 0 radical (unpaired) electrons. The number of primary amides is 1. The topological polar surface area (TPSA) is 91.4 Å². The Labute approximate surface area is 234 Å². The van der Waals surface area contributed by atoms with Crippen molar-refractivity contribution in [3.05, 3.63) is 75.8 Å². The van der Waals surface area contributed by atoms with Gasteiger partial charge in [-0.2, -0.15) is 0 Å². The average Bonchev–Trinajstić information content (AvgIpc) is 3.29. The average molecular weight is 575 g/mol. The lowest BCUT2D eigenvalue weighted by Crippen LogP contribution is -2.34. The van der Waals surface area contributed by atoms with Crippen LogP contribution in [0.25, 0.3) is 16.7 Å². The van der Waals surface area contributed by atoms with Gasteiger partial charge in [0, 0.05) is 17.7 Å². The quantitative estimate of drug-likeness (QED) is 0.231. The van der Waals surface area contributed by atoms with Crippen LogP contribution < -0.4 is 20.5 Å². The summed E-state index contributed by atoms with van der Waals surface area (Å²) in [5.74, 6) is -0.393. The largest absolute Gasteiger partial charge is 0.489 e. The third-order valence-electron chi connectivity index (χ3n) is 6.51. The Kier molecular flexibility index (Phi) is 7.72. The Balaban J connectivity index is 1.49. The molecule has 11 heteroatoms. The zero-order valence-electron chi connectivity index (χ0n) is 20.4. The molecule has 1 atom stereocenters. The SMILES string of the molecule is C[C@@H](Oc1cc(-n2cnc3cc(Cl)c(F)cc32)cc(C(N)=O)c1S)c1cccc(OC2CCNCC2)c1Cl. The Morgan fingerprint density at radius 1 is 1.21 bits per heavy atom. The van der Waals surface area contributed by atoms with Crippen molar-refractivity contribution in [2.24, 2.45) is 5.73 Å². The fraction of sp³-hybridized carbons (Fsp3) is 0.259. The molecule has 198 valence electrons. The molecule has 0 saturated carbocycles. The monoisotopic (exact) mass is 574 g/mol. The first-order valence-corrected chi connectivity index (χ1v) is 13.2. The van der Waals surface area contributed by atoms with Crippen LogP contribution in [0.3, 0.4) is 0 Å². The highest BCUT2D eigenvalue weighted by Gasteiger charge is 2.22. The van der Waals surface area contributed by atoms with E-state index in [9.17, 15) is 9.18 Å². The number of piperidine rings is 1. The number of nitrogens with zero attached hydrogens (tertiary/aromatic N) is 2. The number of hydrogen-bond acceptors (Lipinski definition) is 6. The number of nitrogens with two attached hydrogens (primary N) is 1. The Morgan fingerprint density at radius 3 is 2.71 bits per heavy atom. The van der Waals surface area contributed by atoms with Crippen LogP contribution in [-0.4, -0.2) is 34.7 Å². The minimum Gasteiger partial charge on any atom is -0.489 e. The summed E-state index contributed by atoms with van der Waals surface area (Å²) in [6, 6.07) is 11.5. The highest BCUT2D eigenvalue weighted by Crippen LogP contribution is 2.38. The Hall–Kier alpha value is -2.98. The van der Waals surface area contributed by atoms with E-state index in [4.69, 9.17) is 38.4 Å². The number of carbonyl (C=O) groups is 1. The second-order valence-electron chi connectivity index (χ2n) is 9.06. The van der Waals surface area contributed by atoms with E-state index in [0.29, 0.717) is 38.8 Å². The van der Waals surface area contributed by atoms with E-state index in [-0.39, 0.29) is 21.6 Å². The molecule has 1 amide bonds. The molecular weight excluding hydrogens is 550 g/mol. The van der Waals surface area contributed by atoms with Gasteiger partial charge >= 0.3 is 0 Å². The number of halogens is 3. The van der Waals surface area contributed by atoms with Crippen LogP contribution in [0.5, 0.6) is 11.5 Å². The zero-order valence-corrected chi connectivity index (χ0v) is 22.8. The first-order chi connectivity index (χ1) is 18.2. The number of rotatable bonds is 7. The summed E-state index contributed by atoms with van der Waals surface area (Å²) in [5.41, 5.74) is 7.92. The van der Waals surface area contributed by atoms with E-state index in [1.165, 1.54) is 18.5 Å². The molecule has 38 heavy (non-hydrogen) atoms. The van der Waals surface area contributed by atoms with Crippen molar-refractivity contribution in [2.45, 2.75) is 36.9 Å². The fourth-order valence-corrected chi connectivity index (χ4v) is 5.27. The van der Waals surface area contributed by atoms with Crippen LogP contribution in [0.15, 0.2) is 53.7 Å².